The van der Waals surface area contributed by atoms with Gasteiger partial charge in [0.2, 0.25) is 0 Å². The standard InChI is InChI=1S/C22H21N5O5/c28-20(24-14-19-5-3-11-31-19)15-32-18-8-6-16(7-9-18)12-26-27-22(30)21(29)25-13-17-4-1-2-10-23-17/h1-12H,13-15H2,(H,24,28)(H,25,29)(H,27,30)/b26-12-. The summed E-state index contributed by atoms with van der Waals surface area (Å²) in [5.41, 5.74) is 3.45. The molecule has 32 heavy (non-hydrogen) atoms. The highest BCUT2D eigenvalue weighted by molar-refractivity contribution is 6.35. The van der Waals surface area contributed by atoms with Gasteiger partial charge in [-0.05, 0) is 54.1 Å². The Morgan fingerprint density at radius 3 is 2.53 bits per heavy atom. The Morgan fingerprint density at radius 2 is 1.81 bits per heavy atom. The molecular formula is C22H21N5O5. The highest BCUT2D eigenvalue weighted by Gasteiger charge is 2.12. The van der Waals surface area contributed by atoms with Crippen LogP contribution in [0.1, 0.15) is 17.0 Å². The van der Waals surface area contributed by atoms with Crippen LogP contribution in [0.2, 0.25) is 0 Å². The number of nitrogens with zero attached hydrogens (tertiary/aromatic N) is 2. The van der Waals surface area contributed by atoms with E-state index < -0.39 is 11.8 Å². The minimum atomic E-state index is -0.891. The van der Waals surface area contributed by atoms with Gasteiger partial charge in [-0.25, -0.2) is 5.43 Å². The molecule has 3 amide bonds. The Hall–Kier alpha value is -4.47. The largest absolute Gasteiger partial charge is 0.484 e. The van der Waals surface area contributed by atoms with Crippen molar-refractivity contribution in [3.05, 3.63) is 84.1 Å². The molecule has 0 spiro atoms. The van der Waals surface area contributed by atoms with E-state index in [4.69, 9.17) is 9.15 Å². The van der Waals surface area contributed by atoms with Gasteiger partial charge >= 0.3 is 11.8 Å². The van der Waals surface area contributed by atoms with E-state index in [9.17, 15) is 14.4 Å². The topological polar surface area (TPSA) is 135 Å². The summed E-state index contributed by atoms with van der Waals surface area (Å²) in [6.45, 7) is 0.286. The lowest BCUT2D eigenvalue weighted by Gasteiger charge is -2.07. The molecule has 10 heteroatoms. The highest BCUT2D eigenvalue weighted by atomic mass is 16.5. The molecule has 0 bridgehead atoms. The van der Waals surface area contributed by atoms with Crippen molar-refractivity contribution in [3.63, 3.8) is 0 Å². The normalized spacial score (nSPS) is 10.5. The number of hydrazone groups is 1. The molecule has 3 rings (SSSR count). The van der Waals surface area contributed by atoms with Crippen LogP contribution in [-0.4, -0.2) is 35.5 Å². The number of carbonyl (C=O) groups is 3. The maximum absolute atomic E-state index is 11.8. The summed E-state index contributed by atoms with van der Waals surface area (Å²) in [5, 5.41) is 8.89. The molecule has 3 aromatic rings. The molecule has 0 aliphatic rings. The summed E-state index contributed by atoms with van der Waals surface area (Å²) in [5.74, 6) is -0.844. The van der Waals surface area contributed by atoms with Crippen molar-refractivity contribution in [1.82, 2.24) is 21.0 Å². The van der Waals surface area contributed by atoms with Gasteiger partial charge in [0.25, 0.3) is 5.91 Å². The monoisotopic (exact) mass is 435 g/mol. The summed E-state index contributed by atoms with van der Waals surface area (Å²) in [6, 6.07) is 15.5. The van der Waals surface area contributed by atoms with E-state index >= 15 is 0 Å². The number of furan rings is 1. The predicted octanol–water partition coefficient (Wildman–Crippen LogP) is 1.14. The van der Waals surface area contributed by atoms with Crippen LogP contribution in [0.3, 0.4) is 0 Å². The number of nitrogens with one attached hydrogen (secondary N) is 3. The smallest absolute Gasteiger partial charge is 0.329 e. The summed E-state index contributed by atoms with van der Waals surface area (Å²) >= 11 is 0. The van der Waals surface area contributed by atoms with Crippen LogP contribution in [0.5, 0.6) is 5.75 Å². The number of pyridine rings is 1. The Kier molecular flexibility index (Phi) is 8.09. The van der Waals surface area contributed by atoms with Gasteiger partial charge in [-0.15, -0.1) is 0 Å². The number of aromatic nitrogens is 1. The summed E-state index contributed by atoms with van der Waals surface area (Å²) in [6.07, 6.45) is 4.51. The van der Waals surface area contributed by atoms with Crippen molar-refractivity contribution in [3.8, 4) is 5.75 Å². The van der Waals surface area contributed by atoms with Crippen LogP contribution in [0, 0.1) is 0 Å². The average Bonchev–Trinajstić information content (AvgIpc) is 3.35. The number of benzene rings is 1. The summed E-state index contributed by atoms with van der Waals surface area (Å²) in [7, 11) is 0. The predicted molar refractivity (Wildman–Crippen MR) is 114 cm³/mol. The zero-order valence-corrected chi connectivity index (χ0v) is 17.0. The average molecular weight is 435 g/mol. The number of hydrogen-bond acceptors (Lipinski definition) is 7. The van der Waals surface area contributed by atoms with Gasteiger partial charge in [-0.2, -0.15) is 5.10 Å². The maximum atomic E-state index is 11.8. The fourth-order valence-electron chi connectivity index (χ4n) is 2.42. The first-order chi connectivity index (χ1) is 15.6. The zero-order valence-electron chi connectivity index (χ0n) is 17.0. The number of rotatable bonds is 9. The maximum Gasteiger partial charge on any atom is 0.329 e. The molecule has 2 heterocycles. The first-order valence-corrected chi connectivity index (χ1v) is 9.63. The molecule has 1 aromatic carbocycles. The van der Waals surface area contributed by atoms with Crippen LogP contribution in [0.15, 0.2) is 76.6 Å². The molecule has 0 saturated carbocycles. The molecule has 0 saturated heterocycles. The Balaban J connectivity index is 1.36. The third kappa shape index (κ3) is 7.41. The van der Waals surface area contributed by atoms with E-state index in [2.05, 4.69) is 26.1 Å². The second-order valence-corrected chi connectivity index (χ2v) is 6.42. The van der Waals surface area contributed by atoms with Gasteiger partial charge < -0.3 is 19.8 Å². The number of ether oxygens (including phenoxy) is 1. The van der Waals surface area contributed by atoms with E-state index in [-0.39, 0.29) is 25.6 Å². The zero-order chi connectivity index (χ0) is 22.6. The van der Waals surface area contributed by atoms with E-state index in [0.29, 0.717) is 22.8 Å². The minimum absolute atomic E-state index is 0.138. The van der Waals surface area contributed by atoms with Gasteiger partial charge in [0.1, 0.15) is 11.5 Å². The summed E-state index contributed by atoms with van der Waals surface area (Å²) < 4.78 is 10.5. The Morgan fingerprint density at radius 1 is 0.969 bits per heavy atom. The van der Waals surface area contributed by atoms with Gasteiger partial charge in [-0.3, -0.25) is 19.4 Å². The lowest BCUT2D eigenvalue weighted by atomic mass is 10.2. The third-order valence-corrected chi connectivity index (χ3v) is 4.03. The molecule has 0 atom stereocenters. The molecule has 0 aliphatic carbocycles. The Bertz CT molecular complexity index is 1050. The highest BCUT2D eigenvalue weighted by Crippen LogP contribution is 2.11. The Labute approximate surface area is 183 Å². The molecule has 0 unspecified atom stereocenters. The van der Waals surface area contributed by atoms with Crippen molar-refractivity contribution in [2.24, 2.45) is 5.10 Å². The molecule has 2 aromatic heterocycles. The SMILES string of the molecule is O=C(COc1ccc(/C=N\NC(=O)C(=O)NCc2ccccn2)cc1)NCc1ccco1. The van der Waals surface area contributed by atoms with Gasteiger partial charge in [0.15, 0.2) is 6.61 Å². The van der Waals surface area contributed by atoms with Crippen molar-refractivity contribution >= 4 is 23.9 Å². The lowest BCUT2D eigenvalue weighted by Crippen LogP contribution is -2.37. The molecule has 10 nitrogen and oxygen atoms in total. The fraction of sp³-hybridized carbons (Fsp3) is 0.136. The van der Waals surface area contributed by atoms with E-state index in [1.165, 1.54) is 12.5 Å². The summed E-state index contributed by atoms with van der Waals surface area (Å²) in [4.78, 5) is 39.4. The van der Waals surface area contributed by atoms with Crippen LogP contribution in [0.25, 0.3) is 0 Å². The van der Waals surface area contributed by atoms with E-state index in [0.717, 1.165) is 0 Å². The molecule has 0 radical (unpaired) electrons. The second-order valence-electron chi connectivity index (χ2n) is 6.42. The number of amides is 3. The number of carbonyl (C=O) groups excluding carboxylic acids is 3. The molecule has 164 valence electrons. The van der Waals surface area contributed by atoms with Crippen LogP contribution in [-0.2, 0) is 27.5 Å². The molecular weight excluding hydrogens is 414 g/mol. The van der Waals surface area contributed by atoms with Gasteiger partial charge in [0.05, 0.1) is 31.3 Å². The van der Waals surface area contributed by atoms with Crippen LogP contribution < -0.4 is 20.8 Å². The second kappa shape index (κ2) is 11.6. The lowest BCUT2D eigenvalue weighted by molar-refractivity contribution is -0.139. The molecule has 0 fully saturated rings. The van der Waals surface area contributed by atoms with Crippen molar-refractivity contribution in [2.45, 2.75) is 13.1 Å². The van der Waals surface area contributed by atoms with Crippen molar-refractivity contribution in [1.29, 1.82) is 0 Å². The first-order valence-electron chi connectivity index (χ1n) is 9.63. The number of hydrogen-bond donors (Lipinski definition) is 3. The van der Waals surface area contributed by atoms with Crippen molar-refractivity contribution in [2.75, 3.05) is 6.61 Å². The third-order valence-electron chi connectivity index (χ3n) is 4.03. The van der Waals surface area contributed by atoms with Gasteiger partial charge in [0, 0.05) is 6.20 Å². The van der Waals surface area contributed by atoms with Crippen LogP contribution in [0.4, 0.5) is 0 Å². The fourth-order valence-corrected chi connectivity index (χ4v) is 2.42. The minimum Gasteiger partial charge on any atom is -0.484 e. The molecule has 0 aliphatic heterocycles. The van der Waals surface area contributed by atoms with Crippen LogP contribution >= 0.6 is 0 Å². The quantitative estimate of drug-likeness (QED) is 0.262. The molecule has 3 N–H and O–H groups in total. The van der Waals surface area contributed by atoms with Gasteiger partial charge in [-0.1, -0.05) is 6.07 Å². The van der Waals surface area contributed by atoms with E-state index in [1.807, 2.05) is 0 Å². The first kappa shape index (κ1) is 22.2. The van der Waals surface area contributed by atoms with E-state index in [1.54, 1.807) is 60.8 Å². The van der Waals surface area contributed by atoms with Crippen molar-refractivity contribution < 1.29 is 23.5 Å².